The van der Waals surface area contributed by atoms with Crippen molar-refractivity contribution in [2.45, 2.75) is 19.5 Å². The fraction of sp³-hybridized carbons (Fsp3) is 0.185. The maximum atomic E-state index is 13.1. The van der Waals surface area contributed by atoms with E-state index in [0.717, 1.165) is 35.7 Å². The highest BCUT2D eigenvalue weighted by Gasteiger charge is 2.24. The number of benzene rings is 2. The van der Waals surface area contributed by atoms with Crippen LogP contribution in [0.3, 0.4) is 0 Å². The Hall–Kier alpha value is -4.46. The van der Waals surface area contributed by atoms with E-state index in [4.69, 9.17) is 9.72 Å². The van der Waals surface area contributed by atoms with Gasteiger partial charge < -0.3 is 20.3 Å². The second kappa shape index (κ2) is 10.2. The summed E-state index contributed by atoms with van der Waals surface area (Å²) in [6.45, 7) is 1.61. The molecule has 4 aromatic rings. The van der Waals surface area contributed by atoms with Gasteiger partial charge in [-0.15, -0.1) is 0 Å². The smallest absolute Gasteiger partial charge is 0.256 e. The monoisotopic (exact) mass is 466 g/mol. The van der Waals surface area contributed by atoms with Gasteiger partial charge in [0.15, 0.2) is 0 Å². The Morgan fingerprint density at radius 3 is 2.63 bits per heavy atom. The average molecular weight is 467 g/mol. The van der Waals surface area contributed by atoms with E-state index in [1.165, 1.54) is 5.56 Å². The molecule has 2 N–H and O–H groups in total. The molecule has 35 heavy (non-hydrogen) atoms. The number of rotatable bonds is 8. The van der Waals surface area contributed by atoms with Gasteiger partial charge in [-0.1, -0.05) is 36.4 Å². The van der Waals surface area contributed by atoms with Crippen LogP contribution in [-0.4, -0.2) is 34.5 Å². The molecule has 0 radical (unpaired) electrons. The van der Waals surface area contributed by atoms with Crippen LogP contribution in [0.15, 0.2) is 79.1 Å². The molecule has 3 heterocycles. The predicted molar refractivity (Wildman–Crippen MR) is 135 cm³/mol. The van der Waals surface area contributed by atoms with Crippen molar-refractivity contribution in [1.82, 2.24) is 20.3 Å². The third-order valence-corrected chi connectivity index (χ3v) is 5.92. The SMILES string of the molecule is COc1ccc(CNc2nc(N3CCc4ccccc43)ncc2C(=O)NCc2ccccn2)cc1. The van der Waals surface area contributed by atoms with Gasteiger partial charge in [0.1, 0.15) is 17.1 Å². The quantitative estimate of drug-likeness (QED) is 0.404. The highest BCUT2D eigenvalue weighted by atomic mass is 16.5. The first kappa shape index (κ1) is 22.3. The average Bonchev–Trinajstić information content (AvgIpc) is 3.35. The van der Waals surface area contributed by atoms with Gasteiger partial charge in [0, 0.05) is 31.2 Å². The standard InChI is InChI=1S/C27H26N6O2/c1-35-22-11-9-19(10-12-22)16-29-25-23(26(34)30-17-21-7-4-5-14-28-21)18-31-27(32-25)33-15-13-20-6-2-3-8-24(20)33/h2-12,14,18H,13,15-17H2,1H3,(H,30,34)(H,29,31,32). The van der Waals surface area contributed by atoms with Crippen molar-refractivity contribution in [1.29, 1.82) is 0 Å². The molecule has 0 saturated heterocycles. The Balaban J connectivity index is 1.40. The molecule has 1 amide bonds. The summed E-state index contributed by atoms with van der Waals surface area (Å²) in [6, 6.07) is 21.6. The Labute approximate surface area is 204 Å². The van der Waals surface area contributed by atoms with E-state index in [2.05, 4.69) is 37.6 Å². The number of fused-ring (bicyclic) bond motifs is 1. The molecule has 2 aromatic heterocycles. The minimum absolute atomic E-state index is 0.263. The number of nitrogens with one attached hydrogen (secondary N) is 2. The van der Waals surface area contributed by atoms with Crippen LogP contribution < -0.4 is 20.3 Å². The van der Waals surface area contributed by atoms with E-state index in [1.807, 2.05) is 54.6 Å². The van der Waals surface area contributed by atoms with Gasteiger partial charge in [-0.25, -0.2) is 4.98 Å². The molecular formula is C27H26N6O2. The first-order valence-electron chi connectivity index (χ1n) is 11.5. The van der Waals surface area contributed by atoms with E-state index >= 15 is 0 Å². The zero-order chi connectivity index (χ0) is 24.0. The van der Waals surface area contributed by atoms with Gasteiger partial charge in [0.05, 0.1) is 19.3 Å². The highest BCUT2D eigenvalue weighted by molar-refractivity contribution is 5.98. The lowest BCUT2D eigenvalue weighted by atomic mass is 10.2. The van der Waals surface area contributed by atoms with Gasteiger partial charge in [-0.3, -0.25) is 9.78 Å². The number of hydrogen-bond acceptors (Lipinski definition) is 7. The van der Waals surface area contributed by atoms with Crippen LogP contribution in [0.25, 0.3) is 0 Å². The number of aromatic nitrogens is 3. The second-order valence-electron chi connectivity index (χ2n) is 8.17. The van der Waals surface area contributed by atoms with Crippen molar-refractivity contribution in [3.63, 3.8) is 0 Å². The number of pyridine rings is 1. The summed E-state index contributed by atoms with van der Waals surface area (Å²) in [7, 11) is 1.64. The molecule has 1 aliphatic heterocycles. The summed E-state index contributed by atoms with van der Waals surface area (Å²) in [6.07, 6.45) is 4.23. The highest BCUT2D eigenvalue weighted by Crippen LogP contribution is 2.33. The summed E-state index contributed by atoms with van der Waals surface area (Å²) >= 11 is 0. The van der Waals surface area contributed by atoms with E-state index < -0.39 is 0 Å². The van der Waals surface area contributed by atoms with Gasteiger partial charge in [0.2, 0.25) is 5.95 Å². The third-order valence-electron chi connectivity index (χ3n) is 5.92. The fourth-order valence-electron chi connectivity index (χ4n) is 4.05. The van der Waals surface area contributed by atoms with Gasteiger partial charge >= 0.3 is 0 Å². The Morgan fingerprint density at radius 1 is 1.00 bits per heavy atom. The normalized spacial score (nSPS) is 12.2. The first-order valence-corrected chi connectivity index (χ1v) is 11.5. The maximum absolute atomic E-state index is 13.1. The van der Waals surface area contributed by atoms with Crippen molar-refractivity contribution in [2.24, 2.45) is 0 Å². The van der Waals surface area contributed by atoms with Gasteiger partial charge in [0.25, 0.3) is 5.91 Å². The number of para-hydroxylation sites is 1. The summed E-state index contributed by atoms with van der Waals surface area (Å²) in [5.74, 6) is 1.57. The minimum atomic E-state index is -0.263. The number of carbonyl (C=O) groups excluding carboxylic acids is 1. The molecular weight excluding hydrogens is 440 g/mol. The van der Waals surface area contributed by atoms with E-state index in [9.17, 15) is 4.79 Å². The molecule has 8 heteroatoms. The number of methoxy groups -OCH3 is 1. The molecule has 0 atom stereocenters. The number of nitrogens with zero attached hydrogens (tertiary/aromatic N) is 4. The number of amides is 1. The summed E-state index contributed by atoms with van der Waals surface area (Å²) < 4.78 is 5.24. The zero-order valence-corrected chi connectivity index (χ0v) is 19.4. The Kier molecular flexibility index (Phi) is 6.52. The van der Waals surface area contributed by atoms with Gasteiger partial charge in [-0.05, 0) is 47.9 Å². The van der Waals surface area contributed by atoms with Crippen molar-refractivity contribution < 1.29 is 9.53 Å². The van der Waals surface area contributed by atoms with Crippen LogP contribution in [-0.2, 0) is 19.5 Å². The number of ether oxygens (including phenoxy) is 1. The summed E-state index contributed by atoms with van der Waals surface area (Å²) in [4.78, 5) is 28.8. The fourth-order valence-corrected chi connectivity index (χ4v) is 4.05. The number of hydrogen-bond donors (Lipinski definition) is 2. The van der Waals surface area contributed by atoms with E-state index in [-0.39, 0.29) is 5.91 Å². The summed E-state index contributed by atoms with van der Waals surface area (Å²) in [5.41, 5.74) is 4.56. The lowest BCUT2D eigenvalue weighted by Crippen LogP contribution is -2.26. The lowest BCUT2D eigenvalue weighted by molar-refractivity contribution is 0.0950. The second-order valence-corrected chi connectivity index (χ2v) is 8.17. The van der Waals surface area contributed by atoms with Crippen LogP contribution in [0.4, 0.5) is 17.5 Å². The minimum Gasteiger partial charge on any atom is -0.497 e. The largest absolute Gasteiger partial charge is 0.497 e. The molecule has 5 rings (SSSR count). The van der Waals surface area contributed by atoms with Crippen LogP contribution in [0, 0.1) is 0 Å². The van der Waals surface area contributed by atoms with E-state index in [1.54, 1.807) is 19.5 Å². The van der Waals surface area contributed by atoms with Crippen molar-refractivity contribution >= 4 is 23.4 Å². The molecule has 0 saturated carbocycles. The van der Waals surface area contributed by atoms with Crippen LogP contribution in [0.1, 0.15) is 27.2 Å². The number of carbonyl (C=O) groups is 1. The molecule has 0 fully saturated rings. The molecule has 176 valence electrons. The van der Waals surface area contributed by atoms with Crippen LogP contribution in [0.5, 0.6) is 5.75 Å². The molecule has 0 bridgehead atoms. The van der Waals surface area contributed by atoms with Crippen LogP contribution in [0.2, 0.25) is 0 Å². The topological polar surface area (TPSA) is 92.3 Å². The third kappa shape index (κ3) is 5.06. The molecule has 2 aromatic carbocycles. The predicted octanol–water partition coefficient (Wildman–Crippen LogP) is 4.12. The summed E-state index contributed by atoms with van der Waals surface area (Å²) in [5, 5.41) is 6.26. The lowest BCUT2D eigenvalue weighted by Gasteiger charge is -2.19. The van der Waals surface area contributed by atoms with E-state index in [0.29, 0.717) is 30.4 Å². The van der Waals surface area contributed by atoms with Crippen molar-refractivity contribution in [2.75, 3.05) is 23.9 Å². The molecule has 0 unspecified atom stereocenters. The molecule has 0 spiro atoms. The van der Waals surface area contributed by atoms with Crippen molar-refractivity contribution in [3.05, 3.63) is 102 Å². The molecule has 0 aliphatic carbocycles. The molecule has 8 nitrogen and oxygen atoms in total. The Morgan fingerprint density at radius 2 is 1.83 bits per heavy atom. The first-order chi connectivity index (χ1) is 17.2. The van der Waals surface area contributed by atoms with Gasteiger partial charge in [-0.2, -0.15) is 4.98 Å². The number of anilines is 3. The van der Waals surface area contributed by atoms with Crippen molar-refractivity contribution in [3.8, 4) is 5.75 Å². The Bertz CT molecular complexity index is 1310. The molecule has 1 aliphatic rings. The zero-order valence-electron chi connectivity index (χ0n) is 19.4. The maximum Gasteiger partial charge on any atom is 0.256 e. The van der Waals surface area contributed by atoms with Crippen LogP contribution >= 0.6 is 0 Å².